The largest absolute Gasteiger partial charge is 0.481 e. The lowest BCUT2D eigenvalue weighted by atomic mass is 10.2. The number of rotatable bonds is 5. The van der Waals surface area contributed by atoms with Gasteiger partial charge < -0.3 is 15.4 Å². The van der Waals surface area contributed by atoms with Gasteiger partial charge in [0.05, 0.1) is 15.5 Å². The van der Waals surface area contributed by atoms with E-state index in [0.717, 1.165) is 14.5 Å². The standard InChI is InChI=1S/C12H14Br2N2O3/c1-7-3-8(13)12(9(14)4-7)19-6-11(18)16-5-10(17)15-2/h3-4H,5-6H2,1-2H3,(H,15,17)(H,16,18). The molecule has 0 aliphatic carbocycles. The summed E-state index contributed by atoms with van der Waals surface area (Å²) in [7, 11) is 1.51. The Labute approximate surface area is 128 Å². The molecular weight excluding hydrogens is 380 g/mol. The van der Waals surface area contributed by atoms with Gasteiger partial charge in [-0.25, -0.2) is 0 Å². The van der Waals surface area contributed by atoms with E-state index in [9.17, 15) is 9.59 Å². The van der Waals surface area contributed by atoms with Crippen LogP contribution in [0, 0.1) is 6.92 Å². The van der Waals surface area contributed by atoms with Gasteiger partial charge in [-0.1, -0.05) is 0 Å². The average Bonchev–Trinajstić information content (AvgIpc) is 2.34. The van der Waals surface area contributed by atoms with E-state index in [1.165, 1.54) is 7.05 Å². The number of benzene rings is 1. The van der Waals surface area contributed by atoms with E-state index in [1.54, 1.807) is 0 Å². The molecule has 2 N–H and O–H groups in total. The van der Waals surface area contributed by atoms with Crippen LogP contribution in [0.15, 0.2) is 21.1 Å². The van der Waals surface area contributed by atoms with E-state index >= 15 is 0 Å². The van der Waals surface area contributed by atoms with E-state index in [1.807, 2.05) is 19.1 Å². The van der Waals surface area contributed by atoms with Gasteiger partial charge in [-0.2, -0.15) is 0 Å². The van der Waals surface area contributed by atoms with Gasteiger partial charge in [0.25, 0.3) is 5.91 Å². The van der Waals surface area contributed by atoms with Crippen molar-refractivity contribution in [1.82, 2.24) is 10.6 Å². The van der Waals surface area contributed by atoms with Gasteiger partial charge >= 0.3 is 0 Å². The van der Waals surface area contributed by atoms with E-state index in [4.69, 9.17) is 4.74 Å². The van der Waals surface area contributed by atoms with Crippen LogP contribution in [0.1, 0.15) is 5.56 Å². The van der Waals surface area contributed by atoms with Crippen LogP contribution in [-0.2, 0) is 9.59 Å². The maximum absolute atomic E-state index is 11.5. The summed E-state index contributed by atoms with van der Waals surface area (Å²) in [6.07, 6.45) is 0. The first kappa shape index (κ1) is 16.0. The number of carbonyl (C=O) groups is 2. The zero-order chi connectivity index (χ0) is 14.4. The van der Waals surface area contributed by atoms with Crippen LogP contribution in [-0.4, -0.2) is 32.0 Å². The number of carbonyl (C=O) groups excluding carboxylic acids is 2. The molecule has 7 heteroatoms. The Morgan fingerprint density at radius 1 is 1.21 bits per heavy atom. The topological polar surface area (TPSA) is 67.4 Å². The van der Waals surface area contributed by atoms with E-state index in [0.29, 0.717) is 5.75 Å². The predicted octanol–water partition coefficient (Wildman–Crippen LogP) is 1.76. The lowest BCUT2D eigenvalue weighted by Gasteiger charge is -2.11. The van der Waals surface area contributed by atoms with Crippen LogP contribution in [0.25, 0.3) is 0 Å². The number of nitrogens with one attached hydrogen (secondary N) is 2. The average molecular weight is 394 g/mol. The van der Waals surface area contributed by atoms with E-state index in [-0.39, 0.29) is 25.0 Å². The molecule has 0 atom stereocenters. The van der Waals surface area contributed by atoms with Gasteiger partial charge in [-0.05, 0) is 56.5 Å². The van der Waals surface area contributed by atoms with Crippen molar-refractivity contribution >= 4 is 43.7 Å². The minimum Gasteiger partial charge on any atom is -0.481 e. The zero-order valence-electron chi connectivity index (χ0n) is 10.5. The third-order valence-corrected chi connectivity index (χ3v) is 3.39. The molecule has 1 aromatic rings. The van der Waals surface area contributed by atoms with Gasteiger partial charge in [-0.3, -0.25) is 9.59 Å². The normalized spacial score (nSPS) is 9.89. The second-order valence-electron chi connectivity index (χ2n) is 3.80. The Morgan fingerprint density at radius 2 is 1.79 bits per heavy atom. The van der Waals surface area contributed by atoms with Crippen molar-refractivity contribution in [3.8, 4) is 5.75 Å². The van der Waals surface area contributed by atoms with Gasteiger partial charge in [0, 0.05) is 7.05 Å². The quantitative estimate of drug-likeness (QED) is 0.800. The SMILES string of the molecule is CNC(=O)CNC(=O)COc1c(Br)cc(C)cc1Br. The Morgan fingerprint density at radius 3 is 2.32 bits per heavy atom. The monoisotopic (exact) mass is 392 g/mol. The number of hydrogen-bond donors (Lipinski definition) is 2. The highest BCUT2D eigenvalue weighted by atomic mass is 79.9. The van der Waals surface area contributed by atoms with Crippen molar-refractivity contribution in [3.05, 3.63) is 26.6 Å². The number of hydrogen-bond acceptors (Lipinski definition) is 3. The van der Waals surface area contributed by atoms with Crippen molar-refractivity contribution in [3.63, 3.8) is 0 Å². The third-order valence-electron chi connectivity index (χ3n) is 2.22. The summed E-state index contributed by atoms with van der Waals surface area (Å²) in [6.45, 7) is 1.74. The minimum atomic E-state index is -0.358. The first-order valence-corrected chi connectivity index (χ1v) is 7.08. The summed E-state index contributed by atoms with van der Waals surface area (Å²) in [5, 5.41) is 4.86. The molecule has 104 valence electrons. The molecule has 1 aromatic carbocycles. The summed E-state index contributed by atoms with van der Waals surface area (Å²) in [5.74, 6) is -0.0604. The molecule has 0 aromatic heterocycles. The Hall–Kier alpha value is -1.08. The molecule has 0 aliphatic heterocycles. The highest BCUT2D eigenvalue weighted by molar-refractivity contribution is 9.11. The van der Waals surface area contributed by atoms with Crippen LogP contribution in [0.5, 0.6) is 5.75 Å². The van der Waals surface area contributed by atoms with Gasteiger partial charge in [0.15, 0.2) is 6.61 Å². The third kappa shape index (κ3) is 5.20. The zero-order valence-corrected chi connectivity index (χ0v) is 13.7. The number of amides is 2. The summed E-state index contributed by atoms with van der Waals surface area (Å²) >= 11 is 6.74. The molecule has 0 heterocycles. The van der Waals surface area contributed by atoms with Crippen LogP contribution in [0.3, 0.4) is 0 Å². The molecular formula is C12H14Br2N2O3. The van der Waals surface area contributed by atoms with Crippen LogP contribution < -0.4 is 15.4 Å². The van der Waals surface area contributed by atoms with Crippen molar-refractivity contribution in [2.45, 2.75) is 6.92 Å². The van der Waals surface area contributed by atoms with Crippen LogP contribution >= 0.6 is 31.9 Å². The number of ether oxygens (including phenoxy) is 1. The highest BCUT2D eigenvalue weighted by Gasteiger charge is 2.10. The fraction of sp³-hybridized carbons (Fsp3) is 0.333. The summed E-state index contributed by atoms with van der Waals surface area (Å²) in [6, 6.07) is 3.78. The van der Waals surface area contributed by atoms with Crippen molar-refractivity contribution in [2.75, 3.05) is 20.2 Å². The summed E-state index contributed by atoms with van der Waals surface area (Å²) in [4.78, 5) is 22.4. The highest BCUT2D eigenvalue weighted by Crippen LogP contribution is 2.34. The molecule has 19 heavy (non-hydrogen) atoms. The molecule has 0 aliphatic rings. The van der Waals surface area contributed by atoms with Crippen molar-refractivity contribution < 1.29 is 14.3 Å². The molecule has 0 spiro atoms. The first-order chi connectivity index (χ1) is 8.93. The first-order valence-electron chi connectivity index (χ1n) is 5.49. The van der Waals surface area contributed by atoms with Crippen molar-refractivity contribution in [1.29, 1.82) is 0 Å². The van der Waals surface area contributed by atoms with Crippen LogP contribution in [0.4, 0.5) is 0 Å². The summed E-state index contributed by atoms with van der Waals surface area (Å²) < 4.78 is 6.94. The number of aryl methyl sites for hydroxylation is 1. The molecule has 0 unspecified atom stereocenters. The molecule has 5 nitrogen and oxygen atoms in total. The summed E-state index contributed by atoms with van der Waals surface area (Å²) in [5.41, 5.74) is 1.06. The minimum absolute atomic E-state index is 0.0606. The maximum Gasteiger partial charge on any atom is 0.258 e. The second kappa shape index (κ2) is 7.49. The molecule has 1 rings (SSSR count). The molecule has 2 amide bonds. The molecule has 0 bridgehead atoms. The molecule has 0 fully saturated rings. The van der Waals surface area contributed by atoms with Gasteiger partial charge in [0.1, 0.15) is 5.75 Å². The smallest absolute Gasteiger partial charge is 0.258 e. The number of halogens is 2. The Kier molecular flexibility index (Phi) is 6.30. The molecule has 0 saturated heterocycles. The molecule has 0 saturated carbocycles. The van der Waals surface area contributed by atoms with Gasteiger partial charge in [0.2, 0.25) is 5.91 Å². The fourth-order valence-corrected chi connectivity index (χ4v) is 2.92. The predicted molar refractivity (Wildman–Crippen MR) is 79.2 cm³/mol. The maximum atomic E-state index is 11.5. The second-order valence-corrected chi connectivity index (χ2v) is 5.50. The van der Waals surface area contributed by atoms with Crippen LogP contribution in [0.2, 0.25) is 0 Å². The van der Waals surface area contributed by atoms with Gasteiger partial charge in [-0.15, -0.1) is 0 Å². The lowest BCUT2D eigenvalue weighted by molar-refractivity contribution is -0.127. The number of likely N-dealkylation sites (N-methyl/N-ethyl adjacent to an activating group) is 1. The Balaban J connectivity index is 2.53. The van der Waals surface area contributed by atoms with E-state index in [2.05, 4.69) is 42.5 Å². The van der Waals surface area contributed by atoms with E-state index < -0.39 is 0 Å². The van der Waals surface area contributed by atoms with Crippen molar-refractivity contribution in [2.24, 2.45) is 0 Å². The molecule has 0 radical (unpaired) electrons. The Bertz CT molecular complexity index is 469. The lowest BCUT2D eigenvalue weighted by Crippen LogP contribution is -2.37. The fourth-order valence-electron chi connectivity index (χ4n) is 1.28.